The molecule has 18 heavy (non-hydrogen) atoms. The maximum absolute atomic E-state index is 12.4. The predicted octanol–water partition coefficient (Wildman–Crippen LogP) is 2.04. The average Bonchev–Trinajstić information content (AvgIpc) is 2.28. The summed E-state index contributed by atoms with van der Waals surface area (Å²) in [6.07, 6.45) is 0.558. The van der Waals surface area contributed by atoms with Gasteiger partial charge in [-0.3, -0.25) is 10.1 Å². The summed E-state index contributed by atoms with van der Waals surface area (Å²) in [4.78, 5) is 11.4. The standard InChI is InChI=1S/C13H12F3NO/c1-2-6-17-9-12(18)8-10-4-3-5-11(7-10)13(14,15)16/h1,3-5,7,17H,6,8-9H2. The Bertz CT molecular complexity index is 460. The fourth-order valence-corrected chi connectivity index (χ4v) is 1.42. The Kier molecular flexibility index (Phi) is 4.93. The lowest BCUT2D eigenvalue weighted by Crippen LogP contribution is -2.24. The first kappa shape index (κ1) is 14.3. The number of hydrogen-bond acceptors (Lipinski definition) is 2. The topological polar surface area (TPSA) is 29.1 Å². The number of nitrogens with one attached hydrogen (secondary N) is 1. The van der Waals surface area contributed by atoms with Crippen molar-refractivity contribution in [2.24, 2.45) is 0 Å². The highest BCUT2D eigenvalue weighted by Gasteiger charge is 2.30. The molecule has 2 nitrogen and oxygen atoms in total. The molecule has 0 saturated heterocycles. The third-order valence-corrected chi connectivity index (χ3v) is 2.20. The maximum atomic E-state index is 12.4. The van der Waals surface area contributed by atoms with Crippen molar-refractivity contribution in [2.75, 3.05) is 13.1 Å². The van der Waals surface area contributed by atoms with Crippen LogP contribution in [0.15, 0.2) is 24.3 Å². The Morgan fingerprint density at radius 1 is 1.39 bits per heavy atom. The van der Waals surface area contributed by atoms with E-state index in [1.807, 2.05) is 0 Å². The van der Waals surface area contributed by atoms with Gasteiger partial charge in [0, 0.05) is 6.42 Å². The molecule has 0 radical (unpaired) electrons. The molecule has 0 atom stereocenters. The maximum Gasteiger partial charge on any atom is 0.416 e. The van der Waals surface area contributed by atoms with Crippen molar-refractivity contribution in [2.45, 2.75) is 12.6 Å². The molecule has 0 saturated carbocycles. The van der Waals surface area contributed by atoms with E-state index in [4.69, 9.17) is 6.42 Å². The van der Waals surface area contributed by atoms with Gasteiger partial charge in [-0.2, -0.15) is 13.2 Å². The summed E-state index contributed by atoms with van der Waals surface area (Å²) in [5, 5.41) is 2.69. The van der Waals surface area contributed by atoms with Gasteiger partial charge in [0.15, 0.2) is 5.78 Å². The molecule has 0 aliphatic carbocycles. The second-order valence-electron chi connectivity index (χ2n) is 3.72. The van der Waals surface area contributed by atoms with Gasteiger partial charge in [0.1, 0.15) is 0 Å². The molecule has 1 rings (SSSR count). The van der Waals surface area contributed by atoms with Crippen LogP contribution in [-0.4, -0.2) is 18.9 Å². The zero-order chi connectivity index (χ0) is 13.6. The Morgan fingerprint density at radius 2 is 2.11 bits per heavy atom. The predicted molar refractivity (Wildman–Crippen MR) is 61.9 cm³/mol. The number of ketones is 1. The highest BCUT2D eigenvalue weighted by atomic mass is 19.4. The van der Waals surface area contributed by atoms with E-state index >= 15 is 0 Å². The lowest BCUT2D eigenvalue weighted by Gasteiger charge is -2.08. The van der Waals surface area contributed by atoms with Gasteiger partial charge >= 0.3 is 6.18 Å². The van der Waals surface area contributed by atoms with Crippen molar-refractivity contribution in [1.29, 1.82) is 0 Å². The summed E-state index contributed by atoms with van der Waals surface area (Å²) in [5.41, 5.74) is -0.401. The number of alkyl halides is 3. The van der Waals surface area contributed by atoms with Crippen molar-refractivity contribution < 1.29 is 18.0 Å². The van der Waals surface area contributed by atoms with Crippen LogP contribution in [-0.2, 0) is 17.4 Å². The van der Waals surface area contributed by atoms with Crippen molar-refractivity contribution in [1.82, 2.24) is 5.32 Å². The second-order valence-corrected chi connectivity index (χ2v) is 3.72. The van der Waals surface area contributed by atoms with Crippen LogP contribution in [0.3, 0.4) is 0 Å². The summed E-state index contributed by atoms with van der Waals surface area (Å²) in [6.45, 7) is 0.314. The highest BCUT2D eigenvalue weighted by Crippen LogP contribution is 2.29. The number of rotatable bonds is 5. The van der Waals surface area contributed by atoms with Gasteiger partial charge in [0.2, 0.25) is 0 Å². The Morgan fingerprint density at radius 3 is 2.72 bits per heavy atom. The van der Waals surface area contributed by atoms with E-state index in [1.54, 1.807) is 0 Å². The minimum atomic E-state index is -4.39. The number of terminal acetylenes is 1. The second kappa shape index (κ2) is 6.22. The Balaban J connectivity index is 2.63. The molecular weight excluding hydrogens is 243 g/mol. The summed E-state index contributed by atoms with van der Waals surface area (Å²) in [7, 11) is 0. The van der Waals surface area contributed by atoms with Gasteiger partial charge in [-0.25, -0.2) is 0 Å². The monoisotopic (exact) mass is 255 g/mol. The molecule has 0 amide bonds. The van der Waals surface area contributed by atoms with E-state index in [2.05, 4.69) is 11.2 Å². The van der Waals surface area contributed by atoms with Gasteiger partial charge in [0.25, 0.3) is 0 Å². The highest BCUT2D eigenvalue weighted by molar-refractivity contribution is 5.82. The van der Waals surface area contributed by atoms with Crippen LogP contribution in [0.1, 0.15) is 11.1 Å². The zero-order valence-corrected chi connectivity index (χ0v) is 9.55. The lowest BCUT2D eigenvalue weighted by molar-refractivity contribution is -0.137. The number of halogens is 3. The van der Waals surface area contributed by atoms with Crippen molar-refractivity contribution in [3.05, 3.63) is 35.4 Å². The number of benzene rings is 1. The lowest BCUT2D eigenvalue weighted by atomic mass is 10.1. The summed E-state index contributed by atoms with van der Waals surface area (Å²) >= 11 is 0. The smallest absolute Gasteiger partial charge is 0.299 e. The zero-order valence-electron chi connectivity index (χ0n) is 9.55. The first-order valence-corrected chi connectivity index (χ1v) is 5.25. The van der Waals surface area contributed by atoms with Crippen molar-refractivity contribution in [3.63, 3.8) is 0 Å². The molecule has 0 aliphatic rings. The SMILES string of the molecule is C#CCNCC(=O)Cc1cccc(C(F)(F)F)c1. The van der Waals surface area contributed by atoms with E-state index in [-0.39, 0.29) is 25.3 Å². The molecule has 1 aromatic carbocycles. The number of Topliss-reactive ketones (excluding diaryl/α,β-unsaturated/α-hetero) is 1. The van der Waals surface area contributed by atoms with Gasteiger partial charge in [-0.15, -0.1) is 6.42 Å². The third kappa shape index (κ3) is 4.60. The van der Waals surface area contributed by atoms with Crippen LogP contribution in [0.2, 0.25) is 0 Å². The van der Waals surface area contributed by atoms with Gasteiger partial charge in [-0.05, 0) is 11.6 Å². The molecule has 0 heterocycles. The first-order chi connectivity index (χ1) is 8.43. The summed E-state index contributed by atoms with van der Waals surface area (Å²) in [6, 6.07) is 4.75. The van der Waals surface area contributed by atoms with E-state index < -0.39 is 11.7 Å². The molecule has 0 aliphatic heterocycles. The molecule has 0 bridgehead atoms. The third-order valence-electron chi connectivity index (χ3n) is 2.20. The fourth-order valence-electron chi connectivity index (χ4n) is 1.42. The molecule has 5 heteroatoms. The molecule has 0 unspecified atom stereocenters. The molecule has 0 spiro atoms. The Labute approximate surface area is 103 Å². The quantitative estimate of drug-likeness (QED) is 0.644. The van der Waals surface area contributed by atoms with Gasteiger partial charge in [-0.1, -0.05) is 24.1 Å². The van der Waals surface area contributed by atoms with Gasteiger partial charge in [0.05, 0.1) is 18.7 Å². The normalized spacial score (nSPS) is 11.0. The number of carbonyl (C=O) groups is 1. The number of hydrogen-bond donors (Lipinski definition) is 1. The van der Waals surface area contributed by atoms with Crippen LogP contribution in [0, 0.1) is 12.3 Å². The molecule has 1 aromatic rings. The van der Waals surface area contributed by atoms with Crippen LogP contribution in [0.25, 0.3) is 0 Å². The van der Waals surface area contributed by atoms with Crippen LogP contribution in [0.4, 0.5) is 13.2 Å². The van der Waals surface area contributed by atoms with E-state index in [0.29, 0.717) is 5.56 Å². The van der Waals surface area contributed by atoms with E-state index in [9.17, 15) is 18.0 Å². The van der Waals surface area contributed by atoms with Crippen LogP contribution < -0.4 is 5.32 Å². The first-order valence-electron chi connectivity index (χ1n) is 5.25. The van der Waals surface area contributed by atoms with E-state index in [0.717, 1.165) is 12.1 Å². The molecule has 0 fully saturated rings. The Hall–Kier alpha value is -1.80. The van der Waals surface area contributed by atoms with Crippen LogP contribution in [0.5, 0.6) is 0 Å². The number of carbonyl (C=O) groups excluding carboxylic acids is 1. The van der Waals surface area contributed by atoms with Crippen molar-refractivity contribution in [3.8, 4) is 12.3 Å². The molecule has 96 valence electrons. The molecule has 0 aromatic heterocycles. The molecule has 1 N–H and O–H groups in total. The fraction of sp³-hybridized carbons (Fsp3) is 0.308. The minimum absolute atomic E-state index is 0.0402. The van der Waals surface area contributed by atoms with Crippen molar-refractivity contribution >= 4 is 5.78 Å². The minimum Gasteiger partial charge on any atom is -0.299 e. The molecular formula is C13H12F3NO. The summed E-state index contributed by atoms with van der Waals surface area (Å²) in [5.74, 6) is 2.10. The van der Waals surface area contributed by atoms with Gasteiger partial charge < -0.3 is 0 Å². The summed E-state index contributed by atoms with van der Waals surface area (Å²) < 4.78 is 37.3. The largest absolute Gasteiger partial charge is 0.416 e. The van der Waals surface area contributed by atoms with E-state index in [1.165, 1.54) is 12.1 Å². The van der Waals surface area contributed by atoms with Crippen LogP contribution >= 0.6 is 0 Å². The average molecular weight is 255 g/mol.